The first-order valence-corrected chi connectivity index (χ1v) is 7.38. The number of carbonyl (C=O) groups is 1. The molecule has 106 valence electrons. The van der Waals surface area contributed by atoms with E-state index in [1.165, 1.54) is 11.8 Å². The van der Waals surface area contributed by atoms with Crippen LogP contribution in [0.25, 0.3) is 0 Å². The van der Waals surface area contributed by atoms with Crippen molar-refractivity contribution in [1.29, 1.82) is 0 Å². The highest BCUT2D eigenvalue weighted by molar-refractivity contribution is 7.99. The lowest BCUT2D eigenvalue weighted by Gasteiger charge is -2.13. The monoisotopic (exact) mass is 286 g/mol. The molecule has 0 radical (unpaired) electrons. The van der Waals surface area contributed by atoms with Crippen LogP contribution in [0.3, 0.4) is 0 Å². The second kappa shape index (κ2) is 6.25. The van der Waals surface area contributed by atoms with Crippen molar-refractivity contribution in [2.45, 2.75) is 43.4 Å². The van der Waals surface area contributed by atoms with Gasteiger partial charge >= 0.3 is 11.7 Å². The largest absolute Gasteiger partial charge is 0.480 e. The number of hydrogen-bond acceptors (Lipinski definition) is 5. The number of hydrogen-bond donors (Lipinski definition) is 3. The van der Waals surface area contributed by atoms with E-state index in [2.05, 4.69) is 15.5 Å². The summed E-state index contributed by atoms with van der Waals surface area (Å²) >= 11 is 1.30. The van der Waals surface area contributed by atoms with Gasteiger partial charge in [0.1, 0.15) is 6.04 Å². The average molecular weight is 286 g/mol. The number of rotatable bonds is 8. The third-order valence-electron chi connectivity index (χ3n) is 2.90. The standard InChI is InChI=1S/C11H18N4O3S/c1-2-5-12-8(9(16)17)6-19-11-14-13-10(18)15(11)7-3-4-7/h7-8,12H,2-6H2,1H3,(H,13,18)(H,16,17). The Balaban J connectivity index is 1.96. The fourth-order valence-corrected chi connectivity index (χ4v) is 2.80. The van der Waals surface area contributed by atoms with Gasteiger partial charge in [-0.1, -0.05) is 18.7 Å². The van der Waals surface area contributed by atoms with E-state index in [0.717, 1.165) is 19.3 Å². The predicted molar refractivity (Wildman–Crippen MR) is 71.6 cm³/mol. The minimum absolute atomic E-state index is 0.210. The molecule has 0 bridgehead atoms. The van der Waals surface area contributed by atoms with E-state index in [1.807, 2.05) is 6.92 Å². The number of nitrogens with zero attached hydrogens (tertiary/aromatic N) is 2. The van der Waals surface area contributed by atoms with Crippen LogP contribution in [0.2, 0.25) is 0 Å². The molecule has 0 aliphatic heterocycles. The zero-order chi connectivity index (χ0) is 13.8. The Hall–Kier alpha value is -1.28. The Morgan fingerprint density at radius 1 is 1.68 bits per heavy atom. The molecular weight excluding hydrogens is 268 g/mol. The molecule has 1 saturated carbocycles. The third kappa shape index (κ3) is 3.60. The fourth-order valence-electron chi connectivity index (χ4n) is 1.74. The van der Waals surface area contributed by atoms with Crippen molar-refractivity contribution in [3.05, 3.63) is 10.5 Å². The Bertz CT molecular complexity index is 494. The van der Waals surface area contributed by atoms with Gasteiger partial charge in [0.15, 0.2) is 5.16 Å². The first kappa shape index (κ1) is 14.1. The van der Waals surface area contributed by atoms with Crippen LogP contribution < -0.4 is 11.0 Å². The predicted octanol–water partition coefficient (Wildman–Crippen LogP) is 0.451. The molecule has 0 amide bonds. The maximum absolute atomic E-state index is 11.6. The molecule has 1 aromatic heterocycles. The van der Waals surface area contributed by atoms with Gasteiger partial charge in [0.05, 0.1) is 0 Å². The van der Waals surface area contributed by atoms with Crippen LogP contribution in [0.4, 0.5) is 0 Å². The van der Waals surface area contributed by atoms with Gasteiger partial charge in [-0.05, 0) is 25.8 Å². The van der Waals surface area contributed by atoms with Crippen LogP contribution in [0.1, 0.15) is 32.2 Å². The number of H-pyrrole nitrogens is 1. The lowest BCUT2D eigenvalue weighted by molar-refractivity contribution is -0.138. The van der Waals surface area contributed by atoms with Crippen molar-refractivity contribution in [2.75, 3.05) is 12.3 Å². The summed E-state index contributed by atoms with van der Waals surface area (Å²) in [5.74, 6) is -0.524. The second-order valence-corrected chi connectivity index (χ2v) is 5.56. The van der Waals surface area contributed by atoms with E-state index < -0.39 is 12.0 Å². The molecule has 1 aliphatic rings. The molecule has 8 heteroatoms. The van der Waals surface area contributed by atoms with Gasteiger partial charge in [-0.15, -0.1) is 5.10 Å². The van der Waals surface area contributed by atoms with Crippen molar-refractivity contribution >= 4 is 17.7 Å². The fraction of sp³-hybridized carbons (Fsp3) is 0.727. The van der Waals surface area contributed by atoms with Crippen LogP contribution in [0.15, 0.2) is 9.95 Å². The van der Waals surface area contributed by atoms with Crippen LogP contribution in [-0.2, 0) is 4.79 Å². The molecular formula is C11H18N4O3S. The summed E-state index contributed by atoms with van der Waals surface area (Å²) < 4.78 is 1.63. The third-order valence-corrected chi connectivity index (χ3v) is 3.95. The Labute approximate surface area is 114 Å². The summed E-state index contributed by atoms with van der Waals surface area (Å²) in [4.78, 5) is 22.7. The highest BCUT2D eigenvalue weighted by atomic mass is 32.2. The topological polar surface area (TPSA) is 100 Å². The molecule has 1 aliphatic carbocycles. The molecule has 3 N–H and O–H groups in total. The number of nitrogens with one attached hydrogen (secondary N) is 2. The molecule has 19 heavy (non-hydrogen) atoms. The summed E-state index contributed by atoms with van der Waals surface area (Å²) in [5.41, 5.74) is -0.210. The Kier molecular flexibility index (Phi) is 4.65. The van der Waals surface area contributed by atoms with E-state index in [4.69, 9.17) is 5.11 Å². The quantitative estimate of drug-likeness (QED) is 0.600. The maximum atomic E-state index is 11.6. The lowest BCUT2D eigenvalue weighted by Crippen LogP contribution is -2.39. The number of thioether (sulfide) groups is 1. The molecule has 0 saturated heterocycles. The van der Waals surface area contributed by atoms with E-state index >= 15 is 0 Å². The van der Waals surface area contributed by atoms with Crippen LogP contribution in [-0.4, -0.2) is 44.2 Å². The Morgan fingerprint density at radius 2 is 2.42 bits per heavy atom. The van der Waals surface area contributed by atoms with E-state index in [1.54, 1.807) is 4.57 Å². The lowest BCUT2D eigenvalue weighted by atomic mass is 10.3. The van der Waals surface area contributed by atoms with Gasteiger partial charge in [0, 0.05) is 11.8 Å². The van der Waals surface area contributed by atoms with Crippen molar-refractivity contribution in [2.24, 2.45) is 0 Å². The summed E-state index contributed by atoms with van der Waals surface area (Å²) in [7, 11) is 0. The Morgan fingerprint density at radius 3 is 3.00 bits per heavy atom. The highest BCUT2D eigenvalue weighted by Gasteiger charge is 2.29. The summed E-state index contributed by atoms with van der Waals surface area (Å²) in [6.07, 6.45) is 2.86. The van der Waals surface area contributed by atoms with Gasteiger partial charge in [-0.2, -0.15) is 0 Å². The minimum atomic E-state index is -0.878. The normalized spacial score (nSPS) is 16.5. The molecule has 1 unspecified atom stereocenters. The SMILES string of the molecule is CCCNC(CSc1n[nH]c(=O)n1C1CC1)C(=O)O. The number of aliphatic carboxylic acids is 1. The number of carboxylic acid groups (broad SMARTS) is 1. The molecule has 1 atom stereocenters. The van der Waals surface area contributed by atoms with E-state index in [9.17, 15) is 9.59 Å². The van der Waals surface area contributed by atoms with Crippen LogP contribution in [0, 0.1) is 0 Å². The molecule has 1 fully saturated rings. The van der Waals surface area contributed by atoms with Crippen molar-refractivity contribution in [3.8, 4) is 0 Å². The molecule has 0 aromatic carbocycles. The zero-order valence-electron chi connectivity index (χ0n) is 10.8. The van der Waals surface area contributed by atoms with Crippen LogP contribution >= 0.6 is 11.8 Å². The minimum Gasteiger partial charge on any atom is -0.480 e. The van der Waals surface area contributed by atoms with Gasteiger partial charge < -0.3 is 10.4 Å². The van der Waals surface area contributed by atoms with E-state index in [0.29, 0.717) is 17.5 Å². The molecule has 1 aromatic rings. The van der Waals surface area contributed by atoms with Crippen molar-refractivity contribution in [1.82, 2.24) is 20.1 Å². The molecule has 1 heterocycles. The van der Waals surface area contributed by atoms with Crippen molar-refractivity contribution < 1.29 is 9.90 Å². The average Bonchev–Trinajstić information content (AvgIpc) is 3.14. The smallest absolute Gasteiger partial charge is 0.344 e. The van der Waals surface area contributed by atoms with Gasteiger partial charge in [-0.25, -0.2) is 9.89 Å². The molecule has 7 nitrogen and oxygen atoms in total. The summed E-state index contributed by atoms with van der Waals surface area (Å²) in [6.45, 7) is 2.64. The maximum Gasteiger partial charge on any atom is 0.344 e. The molecule has 2 rings (SSSR count). The number of carboxylic acids is 1. The first-order valence-electron chi connectivity index (χ1n) is 6.39. The number of aromatic nitrogens is 3. The summed E-state index contributed by atoms with van der Waals surface area (Å²) in [6, 6.07) is -0.384. The van der Waals surface area contributed by atoms with E-state index in [-0.39, 0.29) is 11.7 Å². The second-order valence-electron chi connectivity index (χ2n) is 4.57. The number of aromatic amines is 1. The summed E-state index contributed by atoms with van der Waals surface area (Å²) in [5, 5.41) is 19.0. The van der Waals surface area contributed by atoms with Gasteiger partial charge in [-0.3, -0.25) is 9.36 Å². The zero-order valence-corrected chi connectivity index (χ0v) is 11.6. The van der Waals surface area contributed by atoms with Crippen LogP contribution in [0.5, 0.6) is 0 Å². The first-order chi connectivity index (χ1) is 9.13. The van der Waals surface area contributed by atoms with Crippen molar-refractivity contribution in [3.63, 3.8) is 0 Å². The highest BCUT2D eigenvalue weighted by Crippen LogP contribution is 2.36. The molecule has 0 spiro atoms. The van der Waals surface area contributed by atoms with Gasteiger partial charge in [0.25, 0.3) is 0 Å². The van der Waals surface area contributed by atoms with Gasteiger partial charge in [0.2, 0.25) is 0 Å².